The summed E-state index contributed by atoms with van der Waals surface area (Å²) in [4.78, 5) is 24.0. The van der Waals surface area contributed by atoms with Crippen LogP contribution in [0, 0.1) is 13.8 Å². The van der Waals surface area contributed by atoms with Crippen LogP contribution < -0.4 is 15.5 Å². The normalized spacial score (nSPS) is 10.7. The van der Waals surface area contributed by atoms with Crippen molar-refractivity contribution in [2.24, 2.45) is 5.10 Å². The number of carbonyl (C=O) groups excluding carboxylic acids is 2. The molecular weight excluding hydrogens is 402 g/mol. The van der Waals surface area contributed by atoms with Gasteiger partial charge < -0.3 is 10.1 Å². The van der Waals surface area contributed by atoms with Gasteiger partial charge in [0.15, 0.2) is 0 Å². The molecule has 0 heterocycles. The van der Waals surface area contributed by atoms with Gasteiger partial charge in [-0.25, -0.2) is 5.43 Å². The maximum Gasteiger partial charge on any atom is 0.240 e. The third-order valence-electron chi connectivity index (χ3n) is 4.77. The molecule has 0 fully saturated rings. The number of carbonyl (C=O) groups is 2. The second-order valence-corrected chi connectivity index (χ2v) is 7.50. The maximum atomic E-state index is 12.1. The number of ether oxygens (including phenoxy) is 1. The molecular formula is C26H27N3O3. The van der Waals surface area contributed by atoms with Gasteiger partial charge in [-0.05, 0) is 60.9 Å². The first-order valence-corrected chi connectivity index (χ1v) is 10.5. The Bertz CT molecular complexity index is 1080. The first-order valence-electron chi connectivity index (χ1n) is 10.5. The van der Waals surface area contributed by atoms with Gasteiger partial charge in [-0.1, -0.05) is 48.0 Å². The monoisotopic (exact) mass is 429 g/mol. The van der Waals surface area contributed by atoms with Crippen LogP contribution in [0.15, 0.2) is 77.9 Å². The molecule has 0 radical (unpaired) electrons. The van der Waals surface area contributed by atoms with Crippen LogP contribution in [0.25, 0.3) is 0 Å². The lowest BCUT2D eigenvalue weighted by Crippen LogP contribution is -2.20. The van der Waals surface area contributed by atoms with Crippen molar-refractivity contribution in [3.8, 4) is 5.75 Å². The second kappa shape index (κ2) is 11.5. The Labute approximate surface area is 188 Å². The molecule has 3 aromatic rings. The van der Waals surface area contributed by atoms with Crippen LogP contribution in [0.5, 0.6) is 5.75 Å². The number of anilines is 1. The molecule has 0 aliphatic carbocycles. The summed E-state index contributed by atoms with van der Waals surface area (Å²) in [7, 11) is 0. The molecule has 0 aromatic heterocycles. The smallest absolute Gasteiger partial charge is 0.240 e. The largest absolute Gasteiger partial charge is 0.489 e. The number of hydrazone groups is 1. The van der Waals surface area contributed by atoms with Crippen LogP contribution in [0.1, 0.15) is 35.1 Å². The Balaban J connectivity index is 1.38. The van der Waals surface area contributed by atoms with Gasteiger partial charge in [-0.2, -0.15) is 5.10 Å². The Morgan fingerprint density at radius 3 is 2.34 bits per heavy atom. The average molecular weight is 430 g/mol. The lowest BCUT2D eigenvalue weighted by molar-refractivity contribution is -0.124. The average Bonchev–Trinajstić information content (AvgIpc) is 2.80. The fourth-order valence-corrected chi connectivity index (χ4v) is 3.02. The van der Waals surface area contributed by atoms with Gasteiger partial charge in [-0.3, -0.25) is 9.59 Å². The van der Waals surface area contributed by atoms with Crippen LogP contribution in [-0.2, 0) is 16.2 Å². The maximum absolute atomic E-state index is 12.1. The summed E-state index contributed by atoms with van der Waals surface area (Å²) in [5, 5.41) is 6.78. The summed E-state index contributed by atoms with van der Waals surface area (Å²) in [6, 6.07) is 23.2. The number of hydrogen-bond acceptors (Lipinski definition) is 4. The summed E-state index contributed by atoms with van der Waals surface area (Å²) in [6.07, 6.45) is 1.69. The number of amides is 2. The first kappa shape index (κ1) is 22.7. The Morgan fingerprint density at radius 2 is 1.62 bits per heavy atom. The summed E-state index contributed by atoms with van der Waals surface area (Å²) < 4.78 is 5.75. The van der Waals surface area contributed by atoms with E-state index in [4.69, 9.17) is 4.74 Å². The van der Waals surface area contributed by atoms with Gasteiger partial charge in [-0.15, -0.1) is 0 Å². The summed E-state index contributed by atoms with van der Waals surface area (Å²) in [5.41, 5.74) is 7.26. The van der Waals surface area contributed by atoms with Crippen molar-refractivity contribution in [1.29, 1.82) is 0 Å². The number of benzene rings is 3. The van der Waals surface area contributed by atoms with Crippen LogP contribution >= 0.6 is 0 Å². The van der Waals surface area contributed by atoms with E-state index in [1.54, 1.807) is 6.21 Å². The number of aryl methyl sites for hydroxylation is 2. The number of nitrogens with zero attached hydrogens (tertiary/aromatic N) is 1. The van der Waals surface area contributed by atoms with Crippen LogP contribution in [0.4, 0.5) is 5.69 Å². The highest BCUT2D eigenvalue weighted by atomic mass is 16.5. The van der Waals surface area contributed by atoms with E-state index in [1.165, 1.54) is 0 Å². The van der Waals surface area contributed by atoms with E-state index >= 15 is 0 Å². The van der Waals surface area contributed by atoms with Crippen LogP contribution in [0.3, 0.4) is 0 Å². The first-order chi connectivity index (χ1) is 15.5. The molecule has 0 atom stereocenters. The lowest BCUT2D eigenvalue weighted by Gasteiger charge is -2.08. The molecule has 2 N–H and O–H groups in total. The molecule has 0 saturated carbocycles. The molecule has 164 valence electrons. The fourth-order valence-electron chi connectivity index (χ4n) is 3.02. The van der Waals surface area contributed by atoms with E-state index in [0.717, 1.165) is 33.7 Å². The Morgan fingerprint density at radius 1 is 0.906 bits per heavy atom. The molecule has 0 aliphatic heterocycles. The highest BCUT2D eigenvalue weighted by Gasteiger charge is 2.08. The SMILES string of the molecule is Cc1ccc(NC(=O)CCC(=O)NN=Cc2ccc(OCc3ccccc3)cc2)c(C)c1. The predicted molar refractivity (Wildman–Crippen MR) is 127 cm³/mol. The minimum Gasteiger partial charge on any atom is -0.489 e. The highest BCUT2D eigenvalue weighted by Crippen LogP contribution is 2.16. The van der Waals surface area contributed by atoms with E-state index < -0.39 is 0 Å². The molecule has 0 spiro atoms. The summed E-state index contributed by atoms with van der Waals surface area (Å²) >= 11 is 0. The molecule has 2 amide bonds. The molecule has 6 nitrogen and oxygen atoms in total. The summed E-state index contributed by atoms with van der Waals surface area (Å²) in [5.74, 6) is 0.229. The van der Waals surface area contributed by atoms with Crippen molar-refractivity contribution in [2.45, 2.75) is 33.3 Å². The molecule has 0 saturated heterocycles. The van der Waals surface area contributed by atoms with Gasteiger partial charge in [0.25, 0.3) is 0 Å². The van der Waals surface area contributed by atoms with Crippen molar-refractivity contribution in [3.63, 3.8) is 0 Å². The third-order valence-corrected chi connectivity index (χ3v) is 4.77. The van der Waals surface area contributed by atoms with Crippen LogP contribution in [-0.4, -0.2) is 18.0 Å². The number of nitrogens with one attached hydrogen (secondary N) is 2. The van der Waals surface area contributed by atoms with Crippen LogP contribution in [0.2, 0.25) is 0 Å². The van der Waals surface area contributed by atoms with Crippen molar-refractivity contribution >= 4 is 23.7 Å². The molecule has 6 heteroatoms. The van der Waals surface area contributed by atoms with Gasteiger partial charge in [0.2, 0.25) is 11.8 Å². The van der Waals surface area contributed by atoms with Gasteiger partial charge in [0.05, 0.1) is 6.21 Å². The molecule has 3 rings (SSSR count). The quantitative estimate of drug-likeness (QED) is 0.380. The Kier molecular flexibility index (Phi) is 8.15. The van der Waals surface area contributed by atoms with E-state index in [-0.39, 0.29) is 24.7 Å². The van der Waals surface area contributed by atoms with Crippen molar-refractivity contribution < 1.29 is 14.3 Å². The fraction of sp³-hybridized carbons (Fsp3) is 0.192. The predicted octanol–water partition coefficient (Wildman–Crippen LogP) is 4.75. The standard InChI is InChI=1S/C26H27N3O3/c1-19-8-13-24(20(2)16-19)28-25(30)14-15-26(31)29-27-17-21-9-11-23(12-10-21)32-18-22-6-4-3-5-7-22/h3-13,16-17H,14-15,18H2,1-2H3,(H,28,30)(H,29,31). The minimum atomic E-state index is -0.320. The van der Waals surface area contributed by atoms with Crippen molar-refractivity contribution in [3.05, 3.63) is 95.1 Å². The van der Waals surface area contributed by atoms with E-state index in [1.807, 2.05) is 86.6 Å². The zero-order valence-electron chi connectivity index (χ0n) is 18.3. The van der Waals surface area contributed by atoms with Crippen molar-refractivity contribution in [1.82, 2.24) is 5.43 Å². The second-order valence-electron chi connectivity index (χ2n) is 7.50. The van der Waals surface area contributed by atoms with Gasteiger partial charge in [0.1, 0.15) is 12.4 Å². The molecule has 0 bridgehead atoms. The number of rotatable bonds is 9. The molecule has 0 aliphatic rings. The molecule has 32 heavy (non-hydrogen) atoms. The molecule has 0 unspecified atom stereocenters. The van der Waals surface area contributed by atoms with Gasteiger partial charge >= 0.3 is 0 Å². The lowest BCUT2D eigenvalue weighted by atomic mass is 10.1. The Hall–Kier alpha value is -3.93. The zero-order chi connectivity index (χ0) is 22.8. The highest BCUT2D eigenvalue weighted by molar-refractivity contribution is 5.94. The summed E-state index contributed by atoms with van der Waals surface area (Å²) in [6.45, 7) is 4.44. The van der Waals surface area contributed by atoms with Crippen molar-refractivity contribution in [2.75, 3.05) is 5.32 Å². The minimum absolute atomic E-state index is 0.0559. The van der Waals surface area contributed by atoms with E-state index in [9.17, 15) is 9.59 Å². The third kappa shape index (κ3) is 7.40. The van der Waals surface area contributed by atoms with E-state index in [0.29, 0.717) is 6.61 Å². The molecule has 3 aromatic carbocycles. The zero-order valence-corrected chi connectivity index (χ0v) is 18.3. The number of hydrogen-bond donors (Lipinski definition) is 2. The van der Waals surface area contributed by atoms with Gasteiger partial charge in [0, 0.05) is 18.5 Å². The topological polar surface area (TPSA) is 79.8 Å². The van der Waals surface area contributed by atoms with E-state index in [2.05, 4.69) is 15.8 Å².